The van der Waals surface area contributed by atoms with Crippen molar-refractivity contribution in [1.82, 2.24) is 9.97 Å². The fourth-order valence-electron chi connectivity index (χ4n) is 4.80. The van der Waals surface area contributed by atoms with Gasteiger partial charge in [0.1, 0.15) is 11.6 Å². The van der Waals surface area contributed by atoms with E-state index in [9.17, 15) is 0 Å². The zero-order valence-corrected chi connectivity index (χ0v) is 18.0. The third kappa shape index (κ3) is 3.39. The van der Waals surface area contributed by atoms with Gasteiger partial charge in [-0.15, -0.1) is 0 Å². The molecule has 0 aromatic carbocycles. The molecule has 0 spiro atoms. The minimum Gasteiger partial charge on any atom is -0.353 e. The Hall–Kier alpha value is -1.12. The lowest BCUT2D eigenvalue weighted by molar-refractivity contribution is 0.372. The van der Waals surface area contributed by atoms with Gasteiger partial charge in [-0.25, -0.2) is 9.97 Å². The molecule has 26 heavy (non-hydrogen) atoms. The van der Waals surface area contributed by atoms with Crippen LogP contribution in [0.15, 0.2) is 0 Å². The second-order valence-electron chi connectivity index (χ2n) is 9.48. The van der Waals surface area contributed by atoms with Gasteiger partial charge in [0, 0.05) is 29.0 Å². The van der Waals surface area contributed by atoms with Crippen LogP contribution in [0.3, 0.4) is 0 Å². The SMILES string of the molecule is CCCC(C)(CC)c1nc(C(C)(C)CC)nc2c1CCC1CCCCN21. The van der Waals surface area contributed by atoms with Crippen molar-refractivity contribution in [3.05, 3.63) is 17.1 Å². The molecule has 3 heterocycles. The number of fused-ring (bicyclic) bond motifs is 3. The van der Waals surface area contributed by atoms with Gasteiger partial charge in [0.25, 0.3) is 0 Å². The Morgan fingerprint density at radius 2 is 1.77 bits per heavy atom. The molecule has 146 valence electrons. The lowest BCUT2D eigenvalue weighted by atomic mass is 9.75. The maximum absolute atomic E-state index is 5.29. The zero-order chi connectivity index (χ0) is 18.9. The van der Waals surface area contributed by atoms with Gasteiger partial charge in [0.2, 0.25) is 0 Å². The van der Waals surface area contributed by atoms with E-state index in [0.29, 0.717) is 6.04 Å². The minimum absolute atomic E-state index is 0.0351. The van der Waals surface area contributed by atoms with Crippen molar-refractivity contribution in [1.29, 1.82) is 0 Å². The van der Waals surface area contributed by atoms with E-state index in [1.165, 1.54) is 62.1 Å². The van der Waals surface area contributed by atoms with E-state index >= 15 is 0 Å². The summed E-state index contributed by atoms with van der Waals surface area (Å²) in [5, 5.41) is 0. The van der Waals surface area contributed by atoms with Crippen LogP contribution in [-0.4, -0.2) is 22.6 Å². The Kier molecular flexibility index (Phi) is 5.65. The van der Waals surface area contributed by atoms with E-state index < -0.39 is 0 Å². The molecule has 2 atom stereocenters. The summed E-state index contributed by atoms with van der Waals surface area (Å²) in [6.07, 6.45) is 11.1. The average molecular weight is 358 g/mol. The lowest BCUT2D eigenvalue weighted by Crippen LogP contribution is -2.45. The normalized spacial score (nSPS) is 22.5. The van der Waals surface area contributed by atoms with Gasteiger partial charge < -0.3 is 4.90 Å². The molecule has 0 bridgehead atoms. The van der Waals surface area contributed by atoms with Gasteiger partial charge >= 0.3 is 0 Å². The van der Waals surface area contributed by atoms with Crippen molar-refractivity contribution in [2.75, 3.05) is 11.4 Å². The molecule has 2 unspecified atom stereocenters. The van der Waals surface area contributed by atoms with Crippen LogP contribution in [0.2, 0.25) is 0 Å². The molecule has 1 saturated heterocycles. The molecule has 1 fully saturated rings. The molecule has 3 rings (SSSR count). The summed E-state index contributed by atoms with van der Waals surface area (Å²) in [5.41, 5.74) is 3.04. The maximum atomic E-state index is 5.29. The van der Waals surface area contributed by atoms with Crippen molar-refractivity contribution in [2.45, 2.75) is 116 Å². The number of rotatable bonds is 6. The number of hydrogen-bond acceptors (Lipinski definition) is 3. The van der Waals surface area contributed by atoms with Gasteiger partial charge in [0.15, 0.2) is 0 Å². The van der Waals surface area contributed by atoms with E-state index in [2.05, 4.69) is 46.4 Å². The van der Waals surface area contributed by atoms with Crippen molar-refractivity contribution < 1.29 is 0 Å². The minimum atomic E-state index is 0.0351. The predicted molar refractivity (Wildman–Crippen MR) is 111 cm³/mol. The number of nitrogens with zero attached hydrogens (tertiary/aromatic N) is 3. The maximum Gasteiger partial charge on any atom is 0.136 e. The van der Waals surface area contributed by atoms with E-state index in [4.69, 9.17) is 9.97 Å². The van der Waals surface area contributed by atoms with Crippen LogP contribution in [0.25, 0.3) is 0 Å². The lowest BCUT2D eigenvalue weighted by Gasteiger charge is -2.43. The van der Waals surface area contributed by atoms with Crippen LogP contribution < -0.4 is 4.90 Å². The highest BCUT2D eigenvalue weighted by molar-refractivity contribution is 5.55. The first kappa shape index (κ1) is 19.6. The Balaban J connectivity index is 2.19. The van der Waals surface area contributed by atoms with E-state index in [-0.39, 0.29) is 10.8 Å². The summed E-state index contributed by atoms with van der Waals surface area (Å²) in [7, 11) is 0. The molecule has 1 aromatic rings. The van der Waals surface area contributed by atoms with Gasteiger partial charge in [-0.3, -0.25) is 0 Å². The van der Waals surface area contributed by atoms with Crippen LogP contribution in [0.5, 0.6) is 0 Å². The van der Waals surface area contributed by atoms with Crippen LogP contribution in [0, 0.1) is 0 Å². The fraction of sp³-hybridized carbons (Fsp3) is 0.826. The standard InChI is InChI=1S/C23H39N3/c1-7-15-23(6,9-3)19-18-14-13-17-12-10-11-16-26(17)20(18)25-21(24-19)22(4,5)8-2/h17H,7-16H2,1-6H3. The Labute approximate surface area is 161 Å². The van der Waals surface area contributed by atoms with E-state index in [1.54, 1.807) is 0 Å². The molecule has 1 aromatic heterocycles. The van der Waals surface area contributed by atoms with Gasteiger partial charge in [-0.1, -0.05) is 48.0 Å². The van der Waals surface area contributed by atoms with E-state index in [0.717, 1.165) is 25.1 Å². The highest BCUT2D eigenvalue weighted by Gasteiger charge is 2.38. The van der Waals surface area contributed by atoms with Gasteiger partial charge in [-0.2, -0.15) is 0 Å². The third-order valence-electron chi connectivity index (χ3n) is 7.26. The highest BCUT2D eigenvalue weighted by Crippen LogP contribution is 2.42. The molecule has 0 saturated carbocycles. The highest BCUT2D eigenvalue weighted by atomic mass is 15.2. The van der Waals surface area contributed by atoms with Crippen molar-refractivity contribution >= 4 is 5.82 Å². The summed E-state index contributed by atoms with van der Waals surface area (Å²) in [4.78, 5) is 13.2. The number of aromatic nitrogens is 2. The topological polar surface area (TPSA) is 29.0 Å². The fourth-order valence-corrected chi connectivity index (χ4v) is 4.80. The summed E-state index contributed by atoms with van der Waals surface area (Å²) in [6.45, 7) is 15.1. The zero-order valence-electron chi connectivity index (χ0n) is 18.0. The molecule has 2 aliphatic heterocycles. The average Bonchev–Trinajstić information content (AvgIpc) is 2.67. The third-order valence-corrected chi connectivity index (χ3v) is 7.26. The van der Waals surface area contributed by atoms with Crippen molar-refractivity contribution in [2.24, 2.45) is 0 Å². The second-order valence-corrected chi connectivity index (χ2v) is 9.48. The van der Waals surface area contributed by atoms with Gasteiger partial charge in [0.05, 0.1) is 5.69 Å². The first-order valence-corrected chi connectivity index (χ1v) is 11.0. The molecular weight excluding hydrogens is 318 g/mol. The molecule has 2 aliphatic rings. The summed E-state index contributed by atoms with van der Waals surface area (Å²) in [6, 6.07) is 0.704. The van der Waals surface area contributed by atoms with Crippen molar-refractivity contribution in [3.63, 3.8) is 0 Å². The number of anilines is 1. The summed E-state index contributed by atoms with van der Waals surface area (Å²) in [5.74, 6) is 2.36. The Morgan fingerprint density at radius 3 is 2.42 bits per heavy atom. The molecule has 0 N–H and O–H groups in total. The number of hydrogen-bond donors (Lipinski definition) is 0. The van der Waals surface area contributed by atoms with Gasteiger partial charge in [-0.05, 0) is 51.4 Å². The van der Waals surface area contributed by atoms with Crippen LogP contribution in [0.1, 0.15) is 110 Å². The Morgan fingerprint density at radius 1 is 1.00 bits per heavy atom. The second kappa shape index (κ2) is 7.48. The van der Waals surface area contributed by atoms with Crippen LogP contribution in [0.4, 0.5) is 5.82 Å². The monoisotopic (exact) mass is 357 g/mol. The molecule has 0 radical (unpaired) electrons. The summed E-state index contributed by atoms with van der Waals surface area (Å²) < 4.78 is 0. The first-order chi connectivity index (χ1) is 12.4. The quantitative estimate of drug-likeness (QED) is 0.631. The predicted octanol–water partition coefficient (Wildman–Crippen LogP) is 5.94. The van der Waals surface area contributed by atoms with Crippen molar-refractivity contribution in [3.8, 4) is 0 Å². The molecule has 0 aliphatic carbocycles. The van der Waals surface area contributed by atoms with Crippen LogP contribution >= 0.6 is 0 Å². The Bertz CT molecular complexity index is 637. The molecule has 3 heteroatoms. The number of piperidine rings is 1. The first-order valence-electron chi connectivity index (χ1n) is 11.0. The summed E-state index contributed by atoms with van der Waals surface area (Å²) >= 11 is 0. The molecular formula is C23H39N3. The molecule has 0 amide bonds. The molecule has 3 nitrogen and oxygen atoms in total. The van der Waals surface area contributed by atoms with Crippen LogP contribution in [-0.2, 0) is 17.3 Å². The smallest absolute Gasteiger partial charge is 0.136 e. The largest absolute Gasteiger partial charge is 0.353 e. The van der Waals surface area contributed by atoms with E-state index in [1.807, 2.05) is 0 Å².